The molecule has 1 aromatic heterocycles. The molecule has 0 unspecified atom stereocenters. The van der Waals surface area contributed by atoms with Crippen LogP contribution < -0.4 is 15.2 Å². The highest BCUT2D eigenvalue weighted by molar-refractivity contribution is 7.13. The summed E-state index contributed by atoms with van der Waals surface area (Å²) in [6.07, 6.45) is 4.40. The molecule has 1 saturated carbocycles. The van der Waals surface area contributed by atoms with Crippen LogP contribution in [0.25, 0.3) is 0 Å². The maximum atomic E-state index is 13.6. The molecule has 204 valence electrons. The molecule has 3 aromatic rings. The second kappa shape index (κ2) is 12.7. The van der Waals surface area contributed by atoms with E-state index in [0.717, 1.165) is 28.8 Å². The second-order valence-corrected chi connectivity index (χ2v) is 11.8. The van der Waals surface area contributed by atoms with E-state index in [-0.39, 0.29) is 31.6 Å². The van der Waals surface area contributed by atoms with Crippen molar-refractivity contribution in [3.63, 3.8) is 0 Å². The normalized spacial score (nSPS) is 13.9. The number of nitrogens with zero attached hydrogens (tertiary/aromatic N) is 2. The number of nitrogens with two attached hydrogens (primary N) is 1. The third kappa shape index (κ3) is 6.81. The van der Waals surface area contributed by atoms with Gasteiger partial charge in [0.2, 0.25) is 5.91 Å². The van der Waals surface area contributed by atoms with Crippen molar-refractivity contribution in [3.8, 4) is 10.9 Å². The van der Waals surface area contributed by atoms with Gasteiger partial charge in [-0.15, -0.1) is 0 Å². The summed E-state index contributed by atoms with van der Waals surface area (Å²) in [4.78, 5) is 20.9. The third-order valence-electron chi connectivity index (χ3n) is 7.18. The first kappa shape index (κ1) is 28.7. The molecule has 0 saturated heterocycles. The molecule has 2 aromatic carbocycles. The van der Waals surface area contributed by atoms with Gasteiger partial charge in [-0.2, -0.15) is 0 Å². The number of aryl methyl sites for hydroxylation is 2. The van der Waals surface area contributed by atoms with Crippen molar-refractivity contribution in [2.45, 2.75) is 59.5 Å². The standard InChI is InChI=1S/C29H35Cl2N3O3S/c1-17-6-5-7-21(19(17)3)16-34(23-8-9-23)28(35)22(14-32)13-24-15-33-29(38-24)37-11-10-36-27-25(30)12-18(2)20(4)26(27)31/h5-7,12,15,22-23H,8-11,13-14,16,32H2,1-4H3/t22-/m1/s1. The van der Waals surface area contributed by atoms with Gasteiger partial charge in [0.05, 0.1) is 16.0 Å². The number of amides is 1. The van der Waals surface area contributed by atoms with Crippen molar-refractivity contribution in [3.05, 3.63) is 73.2 Å². The summed E-state index contributed by atoms with van der Waals surface area (Å²) in [6.45, 7) is 9.59. The summed E-state index contributed by atoms with van der Waals surface area (Å²) in [5, 5.41) is 1.52. The number of ether oxygens (including phenoxy) is 2. The molecular weight excluding hydrogens is 541 g/mol. The largest absolute Gasteiger partial charge is 0.487 e. The number of carbonyl (C=O) groups is 1. The predicted octanol–water partition coefficient (Wildman–Crippen LogP) is 6.45. The Labute approximate surface area is 239 Å². The van der Waals surface area contributed by atoms with E-state index < -0.39 is 0 Å². The lowest BCUT2D eigenvalue weighted by Gasteiger charge is -2.27. The zero-order valence-electron chi connectivity index (χ0n) is 22.4. The van der Waals surface area contributed by atoms with Gasteiger partial charge in [0, 0.05) is 30.2 Å². The number of hydrogen-bond acceptors (Lipinski definition) is 6. The van der Waals surface area contributed by atoms with Gasteiger partial charge in [-0.25, -0.2) is 4.98 Å². The minimum absolute atomic E-state index is 0.113. The molecule has 2 N–H and O–H groups in total. The van der Waals surface area contributed by atoms with Crippen molar-refractivity contribution in [1.82, 2.24) is 9.88 Å². The van der Waals surface area contributed by atoms with Gasteiger partial charge >= 0.3 is 0 Å². The zero-order chi connectivity index (χ0) is 27.4. The maximum absolute atomic E-state index is 13.6. The van der Waals surface area contributed by atoms with Crippen molar-refractivity contribution < 1.29 is 14.3 Å². The molecule has 1 fully saturated rings. The number of halogens is 2. The first-order valence-electron chi connectivity index (χ1n) is 12.9. The molecule has 1 aliphatic carbocycles. The molecular formula is C29H35Cl2N3O3S. The number of aromatic nitrogens is 1. The van der Waals surface area contributed by atoms with Gasteiger partial charge in [0.1, 0.15) is 13.2 Å². The van der Waals surface area contributed by atoms with E-state index >= 15 is 0 Å². The van der Waals surface area contributed by atoms with E-state index in [4.69, 9.17) is 38.4 Å². The lowest BCUT2D eigenvalue weighted by molar-refractivity contribution is -0.136. The van der Waals surface area contributed by atoms with Crippen LogP contribution in [0.15, 0.2) is 30.5 Å². The van der Waals surface area contributed by atoms with Crippen molar-refractivity contribution in [2.24, 2.45) is 11.7 Å². The van der Waals surface area contributed by atoms with Crippen LogP contribution in [0.4, 0.5) is 0 Å². The Morgan fingerprint density at radius 1 is 1.13 bits per heavy atom. The van der Waals surface area contributed by atoms with Crippen LogP contribution in [-0.4, -0.2) is 41.6 Å². The van der Waals surface area contributed by atoms with Crippen molar-refractivity contribution >= 4 is 40.4 Å². The van der Waals surface area contributed by atoms with Gasteiger partial charge in [0.15, 0.2) is 5.75 Å². The van der Waals surface area contributed by atoms with Gasteiger partial charge in [-0.3, -0.25) is 4.79 Å². The van der Waals surface area contributed by atoms with Crippen molar-refractivity contribution in [1.29, 1.82) is 0 Å². The van der Waals surface area contributed by atoms with Gasteiger partial charge in [-0.1, -0.05) is 52.7 Å². The molecule has 1 amide bonds. The number of hydrogen-bond donors (Lipinski definition) is 1. The van der Waals surface area contributed by atoms with Crippen LogP contribution >= 0.6 is 34.5 Å². The number of rotatable bonds is 12. The van der Waals surface area contributed by atoms with Crippen LogP contribution in [0.1, 0.15) is 45.5 Å². The summed E-state index contributed by atoms with van der Waals surface area (Å²) >= 11 is 14.1. The van der Waals surface area contributed by atoms with Crippen LogP contribution in [0, 0.1) is 33.6 Å². The highest BCUT2D eigenvalue weighted by Crippen LogP contribution is 2.37. The zero-order valence-corrected chi connectivity index (χ0v) is 24.7. The summed E-state index contributed by atoms with van der Waals surface area (Å²) in [7, 11) is 0. The Bertz CT molecular complexity index is 1290. The lowest BCUT2D eigenvalue weighted by atomic mass is 10.00. The Kier molecular flexibility index (Phi) is 9.58. The molecule has 0 aliphatic heterocycles. The molecule has 1 aliphatic rings. The molecule has 38 heavy (non-hydrogen) atoms. The van der Waals surface area contributed by atoms with Crippen LogP contribution in [0.5, 0.6) is 10.9 Å². The molecule has 0 radical (unpaired) electrons. The Morgan fingerprint density at radius 3 is 2.58 bits per heavy atom. The molecule has 0 bridgehead atoms. The highest BCUT2D eigenvalue weighted by atomic mass is 35.5. The van der Waals surface area contributed by atoms with Crippen LogP contribution in [0.2, 0.25) is 10.0 Å². The number of thiazole rings is 1. The monoisotopic (exact) mass is 575 g/mol. The van der Waals surface area contributed by atoms with E-state index in [0.29, 0.717) is 40.0 Å². The summed E-state index contributed by atoms with van der Waals surface area (Å²) in [6, 6.07) is 8.42. The minimum Gasteiger partial charge on any atom is -0.487 e. The summed E-state index contributed by atoms with van der Waals surface area (Å²) < 4.78 is 11.6. The smallest absolute Gasteiger partial charge is 0.273 e. The predicted molar refractivity (Wildman–Crippen MR) is 155 cm³/mol. The fourth-order valence-electron chi connectivity index (χ4n) is 4.36. The maximum Gasteiger partial charge on any atom is 0.273 e. The van der Waals surface area contributed by atoms with Gasteiger partial charge < -0.3 is 20.1 Å². The average molecular weight is 577 g/mol. The Balaban J connectivity index is 1.33. The molecule has 9 heteroatoms. The molecule has 4 rings (SSSR count). The van der Waals surface area contributed by atoms with E-state index in [1.165, 1.54) is 28.0 Å². The van der Waals surface area contributed by atoms with Gasteiger partial charge in [-0.05, 0) is 80.8 Å². The second-order valence-electron chi connectivity index (χ2n) is 9.93. The molecule has 6 nitrogen and oxygen atoms in total. The molecule has 1 atom stereocenters. The van der Waals surface area contributed by atoms with Crippen LogP contribution in [0.3, 0.4) is 0 Å². The van der Waals surface area contributed by atoms with Crippen molar-refractivity contribution in [2.75, 3.05) is 19.8 Å². The lowest BCUT2D eigenvalue weighted by Crippen LogP contribution is -2.41. The minimum atomic E-state index is -0.300. The van der Waals surface area contributed by atoms with Gasteiger partial charge in [0.25, 0.3) is 5.19 Å². The molecule has 0 spiro atoms. The first-order valence-corrected chi connectivity index (χ1v) is 14.5. The summed E-state index contributed by atoms with van der Waals surface area (Å²) in [5.41, 5.74) is 11.7. The van der Waals surface area contributed by atoms with E-state index in [1.54, 1.807) is 6.20 Å². The number of benzene rings is 2. The third-order valence-corrected chi connectivity index (χ3v) is 8.85. The Hall–Kier alpha value is -2.32. The fraction of sp³-hybridized carbons (Fsp3) is 0.448. The average Bonchev–Trinajstić information content (AvgIpc) is 3.64. The van der Waals surface area contributed by atoms with Crippen LogP contribution in [-0.2, 0) is 17.8 Å². The quantitative estimate of drug-likeness (QED) is 0.251. The SMILES string of the molecule is Cc1cccc(CN(C(=O)[C@@H](CN)Cc2cnc(OCCOc3c(Cl)cc(C)c(C)c3Cl)s2)C2CC2)c1C. The number of carbonyl (C=O) groups excluding carboxylic acids is 1. The topological polar surface area (TPSA) is 77.7 Å². The van der Waals surface area contributed by atoms with E-state index in [1.807, 2.05) is 24.8 Å². The Morgan fingerprint density at radius 2 is 1.87 bits per heavy atom. The fourth-order valence-corrected chi connectivity index (χ4v) is 5.88. The van der Waals surface area contributed by atoms with E-state index in [2.05, 4.69) is 37.0 Å². The first-order chi connectivity index (χ1) is 18.2. The highest BCUT2D eigenvalue weighted by Gasteiger charge is 2.36. The molecule has 1 heterocycles. The van der Waals surface area contributed by atoms with E-state index in [9.17, 15) is 4.79 Å². The summed E-state index contributed by atoms with van der Waals surface area (Å²) in [5.74, 6) is 0.277.